The number of aromatic nitrogens is 1. The fraction of sp³-hybridized carbons (Fsp3) is 0.0769. The maximum absolute atomic E-state index is 13.1. The number of imide groups is 1. The molecule has 0 atom stereocenters. The molecule has 0 unspecified atom stereocenters. The number of nitrogens with zero attached hydrogens (tertiary/aromatic N) is 2. The molecule has 0 N–H and O–H groups in total. The van der Waals surface area contributed by atoms with E-state index < -0.39 is 0 Å². The maximum atomic E-state index is 13.1. The number of fused-ring (bicyclic) bond motifs is 1. The Morgan fingerprint density at radius 2 is 1.65 bits per heavy atom. The Morgan fingerprint density at radius 3 is 2.44 bits per heavy atom. The van der Waals surface area contributed by atoms with Crippen molar-refractivity contribution in [3.8, 4) is 0 Å². The van der Waals surface area contributed by atoms with Crippen molar-refractivity contribution in [1.29, 1.82) is 0 Å². The molecule has 0 spiro atoms. The predicted octanol–water partition coefficient (Wildman–Crippen LogP) is 7.89. The van der Waals surface area contributed by atoms with Gasteiger partial charge in [-0.1, -0.05) is 71.2 Å². The Balaban J connectivity index is 1.47. The predicted molar refractivity (Wildman–Crippen MR) is 140 cm³/mol. The summed E-state index contributed by atoms with van der Waals surface area (Å²) in [7, 11) is 0. The first-order chi connectivity index (χ1) is 16.4. The molecular formula is C26H17Cl3N2O2S. The van der Waals surface area contributed by atoms with Crippen molar-refractivity contribution in [2.75, 3.05) is 0 Å². The molecular weight excluding hydrogens is 511 g/mol. The van der Waals surface area contributed by atoms with E-state index in [0.29, 0.717) is 26.5 Å². The molecule has 0 bridgehead atoms. The van der Waals surface area contributed by atoms with E-state index in [1.807, 2.05) is 48.7 Å². The molecule has 0 aliphatic carbocycles. The van der Waals surface area contributed by atoms with Gasteiger partial charge in [0.25, 0.3) is 11.1 Å². The number of hydrogen-bond donors (Lipinski definition) is 0. The molecule has 5 rings (SSSR count). The molecule has 3 aromatic carbocycles. The number of amides is 2. The molecule has 1 aliphatic heterocycles. The second-order valence-corrected chi connectivity index (χ2v) is 10.1. The Kier molecular flexibility index (Phi) is 6.45. The first-order valence-corrected chi connectivity index (χ1v) is 12.4. The summed E-state index contributed by atoms with van der Waals surface area (Å²) < 4.78 is 2.08. The topological polar surface area (TPSA) is 42.3 Å². The number of thioether (sulfide) groups is 1. The van der Waals surface area contributed by atoms with Gasteiger partial charge in [-0.05, 0) is 59.3 Å². The number of para-hydroxylation sites is 1. The molecule has 1 aromatic heterocycles. The van der Waals surface area contributed by atoms with Gasteiger partial charge in [-0.25, -0.2) is 0 Å². The third-order valence-corrected chi connectivity index (χ3v) is 7.29. The van der Waals surface area contributed by atoms with Crippen molar-refractivity contribution < 1.29 is 9.59 Å². The summed E-state index contributed by atoms with van der Waals surface area (Å²) in [6.45, 7) is 0.722. The third kappa shape index (κ3) is 4.62. The minimum Gasteiger partial charge on any atom is -0.342 e. The van der Waals surface area contributed by atoms with Gasteiger partial charge in [-0.15, -0.1) is 0 Å². The van der Waals surface area contributed by atoms with Crippen LogP contribution in [-0.2, 0) is 17.9 Å². The fourth-order valence-corrected chi connectivity index (χ4v) is 5.46. The second-order valence-electron chi connectivity index (χ2n) is 7.86. The van der Waals surface area contributed by atoms with Crippen molar-refractivity contribution in [2.24, 2.45) is 0 Å². The van der Waals surface area contributed by atoms with Crippen molar-refractivity contribution in [1.82, 2.24) is 9.47 Å². The monoisotopic (exact) mass is 526 g/mol. The van der Waals surface area contributed by atoms with Crippen LogP contribution in [0.15, 0.2) is 77.8 Å². The highest BCUT2D eigenvalue weighted by molar-refractivity contribution is 8.18. The standard InChI is InChI=1S/C26H17Cl3N2O2S/c27-19-5-3-4-16(10-19)13-31-25(32)24(34-26(31)33)11-18-15-30(23-7-2-1-6-21(18)23)14-17-8-9-20(28)12-22(17)29/h1-12,15H,13-14H2/b24-11-. The van der Waals surface area contributed by atoms with E-state index in [9.17, 15) is 9.59 Å². The molecule has 2 amide bonds. The molecule has 4 aromatic rings. The van der Waals surface area contributed by atoms with Crippen LogP contribution in [0.2, 0.25) is 15.1 Å². The Hall–Kier alpha value is -2.70. The molecule has 1 aliphatic rings. The van der Waals surface area contributed by atoms with Gasteiger partial charge in [0.05, 0.1) is 11.4 Å². The van der Waals surface area contributed by atoms with Crippen molar-refractivity contribution in [3.63, 3.8) is 0 Å². The summed E-state index contributed by atoms with van der Waals surface area (Å²) in [5.41, 5.74) is 3.58. The van der Waals surface area contributed by atoms with Gasteiger partial charge < -0.3 is 4.57 Å². The minimum absolute atomic E-state index is 0.180. The molecule has 1 fully saturated rings. The number of carbonyl (C=O) groups is 2. The first-order valence-electron chi connectivity index (χ1n) is 10.4. The average molecular weight is 528 g/mol. The van der Waals surface area contributed by atoms with E-state index in [4.69, 9.17) is 34.8 Å². The minimum atomic E-state index is -0.312. The largest absolute Gasteiger partial charge is 0.342 e. The highest BCUT2D eigenvalue weighted by Gasteiger charge is 2.35. The van der Waals surface area contributed by atoms with E-state index in [1.165, 1.54) is 4.90 Å². The van der Waals surface area contributed by atoms with Crippen LogP contribution < -0.4 is 0 Å². The Bertz CT molecular complexity index is 1480. The molecule has 0 radical (unpaired) electrons. The van der Waals surface area contributed by atoms with Crippen LogP contribution in [0.5, 0.6) is 0 Å². The average Bonchev–Trinajstić information content (AvgIpc) is 3.28. The van der Waals surface area contributed by atoms with E-state index in [0.717, 1.165) is 39.4 Å². The van der Waals surface area contributed by atoms with Gasteiger partial charge in [0.2, 0.25) is 0 Å². The lowest BCUT2D eigenvalue weighted by Gasteiger charge is -2.12. The van der Waals surface area contributed by atoms with Gasteiger partial charge in [-0.3, -0.25) is 14.5 Å². The Morgan fingerprint density at radius 1 is 0.853 bits per heavy atom. The summed E-state index contributed by atoms with van der Waals surface area (Å²) in [6.07, 6.45) is 3.76. The van der Waals surface area contributed by atoms with Gasteiger partial charge in [-0.2, -0.15) is 0 Å². The quantitative estimate of drug-likeness (QED) is 0.248. The van der Waals surface area contributed by atoms with Crippen LogP contribution in [-0.4, -0.2) is 20.6 Å². The molecule has 2 heterocycles. The SMILES string of the molecule is O=C1S/C(=C\c2cn(Cc3ccc(Cl)cc3Cl)c3ccccc23)C(=O)N1Cc1cccc(Cl)c1. The van der Waals surface area contributed by atoms with Crippen LogP contribution in [0, 0.1) is 0 Å². The molecule has 4 nitrogen and oxygen atoms in total. The zero-order chi connectivity index (χ0) is 23.8. The molecule has 0 saturated carbocycles. The first kappa shape index (κ1) is 23.1. The van der Waals surface area contributed by atoms with Crippen LogP contribution in [0.25, 0.3) is 17.0 Å². The highest BCUT2D eigenvalue weighted by atomic mass is 35.5. The second kappa shape index (κ2) is 9.51. The smallest absolute Gasteiger partial charge is 0.293 e. The number of carbonyl (C=O) groups excluding carboxylic acids is 2. The zero-order valence-corrected chi connectivity index (χ0v) is 20.8. The third-order valence-electron chi connectivity index (χ3n) is 5.57. The lowest BCUT2D eigenvalue weighted by molar-refractivity contribution is -0.123. The highest BCUT2D eigenvalue weighted by Crippen LogP contribution is 2.35. The number of halogens is 3. The van der Waals surface area contributed by atoms with Gasteiger partial charge in [0.15, 0.2) is 0 Å². The number of hydrogen-bond acceptors (Lipinski definition) is 3. The van der Waals surface area contributed by atoms with Gasteiger partial charge in [0, 0.05) is 44.3 Å². The summed E-state index contributed by atoms with van der Waals surface area (Å²) in [6, 6.07) is 20.5. The van der Waals surface area contributed by atoms with E-state index in [-0.39, 0.29) is 17.7 Å². The van der Waals surface area contributed by atoms with Crippen LogP contribution in [0.1, 0.15) is 16.7 Å². The van der Waals surface area contributed by atoms with Crippen molar-refractivity contribution >= 4 is 74.7 Å². The zero-order valence-electron chi connectivity index (χ0n) is 17.7. The summed E-state index contributed by atoms with van der Waals surface area (Å²) in [4.78, 5) is 27.3. The van der Waals surface area contributed by atoms with Crippen LogP contribution in [0.3, 0.4) is 0 Å². The summed E-state index contributed by atoms with van der Waals surface area (Å²) in [5, 5.41) is 2.42. The van der Waals surface area contributed by atoms with Crippen LogP contribution >= 0.6 is 46.6 Å². The van der Waals surface area contributed by atoms with E-state index in [1.54, 1.807) is 30.3 Å². The van der Waals surface area contributed by atoms with Gasteiger partial charge in [0.1, 0.15) is 0 Å². The molecule has 170 valence electrons. The van der Waals surface area contributed by atoms with E-state index >= 15 is 0 Å². The summed E-state index contributed by atoms with van der Waals surface area (Å²) in [5.74, 6) is -0.312. The molecule has 8 heteroatoms. The fourth-order valence-electron chi connectivity index (χ4n) is 3.95. The normalized spacial score (nSPS) is 15.1. The van der Waals surface area contributed by atoms with Crippen molar-refractivity contribution in [2.45, 2.75) is 13.1 Å². The lowest BCUT2D eigenvalue weighted by Crippen LogP contribution is -2.27. The number of rotatable bonds is 5. The van der Waals surface area contributed by atoms with Crippen molar-refractivity contribution in [3.05, 3.63) is 110 Å². The van der Waals surface area contributed by atoms with Gasteiger partial charge >= 0.3 is 0 Å². The maximum Gasteiger partial charge on any atom is 0.293 e. The number of benzene rings is 3. The van der Waals surface area contributed by atoms with E-state index in [2.05, 4.69) is 4.57 Å². The molecule has 34 heavy (non-hydrogen) atoms. The van der Waals surface area contributed by atoms with Crippen LogP contribution in [0.4, 0.5) is 4.79 Å². The lowest BCUT2D eigenvalue weighted by atomic mass is 10.1. The molecule has 1 saturated heterocycles. The Labute approximate surface area is 215 Å². The summed E-state index contributed by atoms with van der Waals surface area (Å²) >= 11 is 19.4.